The van der Waals surface area contributed by atoms with Crippen molar-refractivity contribution in [2.75, 3.05) is 19.6 Å². The molecule has 3 N–H and O–H groups in total. The smallest absolute Gasteiger partial charge is 0.231 e. The van der Waals surface area contributed by atoms with Gasteiger partial charge in [-0.1, -0.05) is 26.7 Å². The van der Waals surface area contributed by atoms with Crippen LogP contribution in [0.2, 0.25) is 0 Å². The highest BCUT2D eigenvalue weighted by atomic mass is 16.1. The van der Waals surface area contributed by atoms with Crippen molar-refractivity contribution in [1.29, 1.82) is 0 Å². The molecule has 4 nitrogen and oxygen atoms in total. The van der Waals surface area contributed by atoms with Gasteiger partial charge in [0, 0.05) is 25.2 Å². The number of primary amides is 1. The van der Waals surface area contributed by atoms with Gasteiger partial charge in [0.05, 0.1) is 6.54 Å². The molecular weight excluding hydrogens is 238 g/mol. The van der Waals surface area contributed by atoms with Crippen LogP contribution in [0.1, 0.15) is 46.0 Å². The predicted molar refractivity (Wildman–Crippen MR) is 77.8 cm³/mol. The number of amides is 1. The molecule has 3 atom stereocenters. The molecule has 1 saturated heterocycles. The van der Waals surface area contributed by atoms with Crippen molar-refractivity contribution in [2.24, 2.45) is 17.6 Å². The number of carbonyl (C=O) groups is 1. The van der Waals surface area contributed by atoms with Crippen LogP contribution in [0.25, 0.3) is 0 Å². The number of nitrogens with two attached hydrogens (primary N) is 1. The molecule has 0 aromatic carbocycles. The number of hydrogen-bond donors (Lipinski definition) is 2. The highest BCUT2D eigenvalue weighted by Gasteiger charge is 2.29. The van der Waals surface area contributed by atoms with Crippen LogP contribution >= 0.6 is 0 Å². The fourth-order valence-electron chi connectivity index (χ4n) is 3.60. The fourth-order valence-corrected chi connectivity index (χ4v) is 3.60. The Kier molecular flexibility index (Phi) is 5.22. The first kappa shape index (κ1) is 14.8. The first-order chi connectivity index (χ1) is 9.06. The molecule has 1 aliphatic carbocycles. The quantitative estimate of drug-likeness (QED) is 0.808. The van der Waals surface area contributed by atoms with E-state index in [0.717, 1.165) is 37.8 Å². The van der Waals surface area contributed by atoms with E-state index in [1.54, 1.807) is 0 Å². The zero-order valence-electron chi connectivity index (χ0n) is 12.4. The van der Waals surface area contributed by atoms with Crippen molar-refractivity contribution in [3.8, 4) is 0 Å². The second-order valence-corrected chi connectivity index (χ2v) is 6.56. The summed E-state index contributed by atoms with van der Waals surface area (Å²) < 4.78 is 0. The fraction of sp³-hybridized carbons (Fsp3) is 0.933. The molecule has 0 aromatic rings. The van der Waals surface area contributed by atoms with Crippen molar-refractivity contribution < 1.29 is 4.79 Å². The minimum absolute atomic E-state index is 0.207. The molecule has 19 heavy (non-hydrogen) atoms. The Labute approximate surface area is 117 Å². The number of nitrogens with one attached hydrogen (secondary N) is 1. The lowest BCUT2D eigenvalue weighted by Gasteiger charge is -2.39. The molecule has 0 bridgehead atoms. The number of likely N-dealkylation sites (tertiary alicyclic amines) is 1. The summed E-state index contributed by atoms with van der Waals surface area (Å²) >= 11 is 0. The molecule has 3 unspecified atom stereocenters. The van der Waals surface area contributed by atoms with E-state index in [2.05, 4.69) is 24.1 Å². The third-order valence-corrected chi connectivity index (χ3v) is 5.12. The highest BCUT2D eigenvalue weighted by molar-refractivity contribution is 5.75. The van der Waals surface area contributed by atoms with Crippen LogP contribution in [0.5, 0.6) is 0 Å². The number of rotatable bonds is 4. The molecule has 2 fully saturated rings. The number of hydrogen-bond acceptors (Lipinski definition) is 3. The summed E-state index contributed by atoms with van der Waals surface area (Å²) in [6, 6.07) is 1.32. The van der Waals surface area contributed by atoms with Crippen molar-refractivity contribution in [3.63, 3.8) is 0 Å². The van der Waals surface area contributed by atoms with Gasteiger partial charge in [0.1, 0.15) is 0 Å². The highest BCUT2D eigenvalue weighted by Crippen LogP contribution is 2.30. The Hall–Kier alpha value is -0.610. The largest absolute Gasteiger partial charge is 0.369 e. The van der Waals surface area contributed by atoms with Crippen LogP contribution in [-0.2, 0) is 4.79 Å². The number of carbonyl (C=O) groups excluding carboxylic acids is 1. The summed E-state index contributed by atoms with van der Waals surface area (Å²) in [4.78, 5) is 13.1. The molecule has 0 radical (unpaired) electrons. The molecule has 0 spiro atoms. The molecule has 1 saturated carbocycles. The molecule has 2 aliphatic rings. The van der Waals surface area contributed by atoms with Gasteiger partial charge < -0.3 is 11.1 Å². The van der Waals surface area contributed by atoms with E-state index in [0.29, 0.717) is 18.6 Å². The first-order valence-electron chi connectivity index (χ1n) is 7.83. The second-order valence-electron chi connectivity index (χ2n) is 6.56. The summed E-state index contributed by atoms with van der Waals surface area (Å²) in [6.45, 7) is 7.19. The van der Waals surface area contributed by atoms with Gasteiger partial charge in [-0.3, -0.25) is 9.69 Å². The van der Waals surface area contributed by atoms with Gasteiger partial charge in [0.25, 0.3) is 0 Å². The summed E-state index contributed by atoms with van der Waals surface area (Å²) in [6.07, 6.45) is 6.36. The van der Waals surface area contributed by atoms with Crippen molar-refractivity contribution >= 4 is 5.91 Å². The maximum absolute atomic E-state index is 10.9. The van der Waals surface area contributed by atoms with Crippen molar-refractivity contribution in [3.05, 3.63) is 0 Å². The molecule has 0 aromatic heterocycles. The molecule has 1 amide bonds. The van der Waals surface area contributed by atoms with Gasteiger partial charge in [-0.05, 0) is 31.1 Å². The Balaban J connectivity index is 1.74. The lowest BCUT2D eigenvalue weighted by molar-refractivity contribution is -0.119. The SMILES string of the molecule is CC1CCCC(NC2CCN(CC(N)=O)CC2)C1C. The average Bonchev–Trinajstić information content (AvgIpc) is 2.37. The molecule has 1 heterocycles. The normalized spacial score (nSPS) is 34.3. The maximum atomic E-state index is 10.9. The third kappa shape index (κ3) is 4.18. The van der Waals surface area contributed by atoms with Gasteiger partial charge in [-0.15, -0.1) is 0 Å². The minimum Gasteiger partial charge on any atom is -0.369 e. The monoisotopic (exact) mass is 267 g/mol. The Morgan fingerprint density at radius 2 is 1.89 bits per heavy atom. The molecule has 110 valence electrons. The van der Waals surface area contributed by atoms with Gasteiger partial charge >= 0.3 is 0 Å². The molecule has 1 aliphatic heterocycles. The molecular formula is C15H29N3O. The van der Waals surface area contributed by atoms with E-state index < -0.39 is 0 Å². The Morgan fingerprint density at radius 3 is 2.53 bits per heavy atom. The van der Waals surface area contributed by atoms with E-state index in [1.807, 2.05) is 0 Å². The van der Waals surface area contributed by atoms with Crippen LogP contribution in [0, 0.1) is 11.8 Å². The molecule has 2 rings (SSSR count). The van der Waals surface area contributed by atoms with Gasteiger partial charge in [0.2, 0.25) is 5.91 Å². The summed E-state index contributed by atoms with van der Waals surface area (Å²) in [5.74, 6) is 1.43. The van der Waals surface area contributed by atoms with Gasteiger partial charge in [-0.2, -0.15) is 0 Å². The Morgan fingerprint density at radius 1 is 1.21 bits per heavy atom. The number of nitrogens with zero attached hydrogens (tertiary/aromatic N) is 1. The lowest BCUT2D eigenvalue weighted by Crippen LogP contribution is -2.50. The van der Waals surface area contributed by atoms with Crippen molar-refractivity contribution in [2.45, 2.75) is 58.0 Å². The first-order valence-corrected chi connectivity index (χ1v) is 7.83. The van der Waals surface area contributed by atoms with Crippen molar-refractivity contribution in [1.82, 2.24) is 10.2 Å². The number of piperidine rings is 1. The van der Waals surface area contributed by atoms with E-state index >= 15 is 0 Å². The maximum Gasteiger partial charge on any atom is 0.231 e. The summed E-state index contributed by atoms with van der Waals surface area (Å²) in [5.41, 5.74) is 5.24. The predicted octanol–water partition coefficient (Wildman–Crippen LogP) is 1.35. The average molecular weight is 267 g/mol. The van der Waals surface area contributed by atoms with Gasteiger partial charge in [0.15, 0.2) is 0 Å². The summed E-state index contributed by atoms with van der Waals surface area (Å²) in [5, 5.41) is 3.87. The summed E-state index contributed by atoms with van der Waals surface area (Å²) in [7, 11) is 0. The lowest BCUT2D eigenvalue weighted by atomic mass is 9.77. The van der Waals surface area contributed by atoms with Crippen LogP contribution in [-0.4, -0.2) is 42.5 Å². The topological polar surface area (TPSA) is 58.4 Å². The van der Waals surface area contributed by atoms with E-state index in [4.69, 9.17) is 5.73 Å². The van der Waals surface area contributed by atoms with Crippen LogP contribution in [0.3, 0.4) is 0 Å². The van der Waals surface area contributed by atoms with Crippen LogP contribution in [0.15, 0.2) is 0 Å². The van der Waals surface area contributed by atoms with E-state index in [1.165, 1.54) is 19.3 Å². The van der Waals surface area contributed by atoms with Crippen LogP contribution < -0.4 is 11.1 Å². The Bertz CT molecular complexity index is 300. The van der Waals surface area contributed by atoms with E-state index in [-0.39, 0.29) is 5.91 Å². The second kappa shape index (κ2) is 6.71. The van der Waals surface area contributed by atoms with Crippen LogP contribution in [0.4, 0.5) is 0 Å². The minimum atomic E-state index is -0.207. The standard InChI is InChI=1S/C15H29N3O/c1-11-4-3-5-14(12(11)2)17-13-6-8-18(9-7-13)10-15(16)19/h11-14,17H,3-10H2,1-2H3,(H2,16,19). The van der Waals surface area contributed by atoms with E-state index in [9.17, 15) is 4.79 Å². The van der Waals surface area contributed by atoms with Gasteiger partial charge in [-0.25, -0.2) is 0 Å². The zero-order chi connectivity index (χ0) is 13.8. The third-order valence-electron chi connectivity index (χ3n) is 5.12. The molecule has 4 heteroatoms. The zero-order valence-corrected chi connectivity index (χ0v) is 12.4.